The van der Waals surface area contributed by atoms with Crippen molar-refractivity contribution in [3.63, 3.8) is 0 Å². The van der Waals surface area contributed by atoms with Crippen molar-refractivity contribution in [1.29, 1.82) is 0 Å². The van der Waals surface area contributed by atoms with E-state index in [1.807, 2.05) is 6.07 Å². The van der Waals surface area contributed by atoms with Gasteiger partial charge >= 0.3 is 0 Å². The molecular weight excluding hydrogens is 332 g/mol. The second kappa shape index (κ2) is 8.03. The minimum atomic E-state index is 0.162. The summed E-state index contributed by atoms with van der Waals surface area (Å²) in [5.74, 6) is 1.62. The van der Waals surface area contributed by atoms with Gasteiger partial charge in [0.15, 0.2) is 0 Å². The molecule has 1 saturated carbocycles. The van der Waals surface area contributed by atoms with Crippen molar-refractivity contribution in [2.75, 3.05) is 19.6 Å². The van der Waals surface area contributed by atoms with E-state index in [2.05, 4.69) is 20.4 Å². The van der Waals surface area contributed by atoms with Crippen molar-refractivity contribution in [2.45, 2.75) is 56.9 Å². The zero-order chi connectivity index (χ0) is 17.8. The van der Waals surface area contributed by atoms with Crippen LogP contribution in [0, 0.1) is 0 Å². The molecule has 1 saturated heterocycles. The van der Waals surface area contributed by atoms with Crippen LogP contribution in [0.4, 0.5) is 0 Å². The van der Waals surface area contributed by atoms with Crippen LogP contribution in [-0.2, 0) is 4.79 Å². The van der Waals surface area contributed by atoms with Crippen molar-refractivity contribution >= 4 is 5.91 Å². The predicted molar refractivity (Wildman–Crippen MR) is 95.4 cm³/mol. The predicted octanol–water partition coefficient (Wildman–Crippen LogP) is 2.96. The number of nitrogens with one attached hydrogen (secondary N) is 1. The van der Waals surface area contributed by atoms with E-state index in [4.69, 9.17) is 8.83 Å². The molecule has 0 spiro atoms. The van der Waals surface area contributed by atoms with Gasteiger partial charge in [-0.3, -0.25) is 9.69 Å². The van der Waals surface area contributed by atoms with E-state index < -0.39 is 0 Å². The monoisotopic (exact) mass is 358 g/mol. The highest BCUT2D eigenvalue weighted by Crippen LogP contribution is 2.29. The third kappa shape index (κ3) is 4.15. The molecule has 0 bridgehead atoms. The molecule has 0 unspecified atom stereocenters. The molecule has 2 aromatic heterocycles. The van der Waals surface area contributed by atoms with Gasteiger partial charge in [0.2, 0.25) is 11.8 Å². The Kier molecular flexibility index (Phi) is 5.34. The molecule has 1 aliphatic heterocycles. The van der Waals surface area contributed by atoms with Crippen molar-refractivity contribution in [3.8, 4) is 11.5 Å². The molecule has 2 aliphatic rings. The molecule has 1 N–H and O–H groups in total. The van der Waals surface area contributed by atoms with Crippen LogP contribution in [0.2, 0.25) is 0 Å². The van der Waals surface area contributed by atoms with Crippen LogP contribution in [-0.4, -0.2) is 46.7 Å². The number of amides is 1. The molecule has 140 valence electrons. The highest BCUT2D eigenvalue weighted by atomic mass is 16.4. The Morgan fingerprint density at radius 1 is 1.15 bits per heavy atom. The minimum Gasteiger partial charge on any atom is -0.472 e. The normalized spacial score (nSPS) is 20.3. The molecule has 0 atom stereocenters. The molecule has 7 heteroatoms. The fraction of sp³-hybridized carbons (Fsp3) is 0.632. The average molecular weight is 358 g/mol. The standard InChI is InChI=1S/C19H26N4O3/c24-17(20-16-4-2-1-3-5-16)12-23-9-6-14(7-10-23)18-21-22-19(26-18)15-8-11-25-13-15/h8,11,13-14,16H,1-7,9-10,12H2,(H,20,24). The number of piperidine rings is 1. The summed E-state index contributed by atoms with van der Waals surface area (Å²) in [5, 5.41) is 11.5. The highest BCUT2D eigenvalue weighted by Gasteiger charge is 2.27. The highest BCUT2D eigenvalue weighted by molar-refractivity contribution is 5.78. The molecule has 4 rings (SSSR count). The second-order valence-electron chi connectivity index (χ2n) is 7.41. The number of carbonyl (C=O) groups is 1. The van der Waals surface area contributed by atoms with Crippen LogP contribution in [0.25, 0.3) is 11.5 Å². The Morgan fingerprint density at radius 3 is 2.69 bits per heavy atom. The summed E-state index contributed by atoms with van der Waals surface area (Å²) in [5.41, 5.74) is 0.806. The third-order valence-electron chi connectivity index (χ3n) is 5.48. The van der Waals surface area contributed by atoms with Gasteiger partial charge in [-0.15, -0.1) is 10.2 Å². The SMILES string of the molecule is O=C(CN1CCC(c2nnc(-c3ccoc3)o2)CC1)NC1CCCCC1. The Hall–Kier alpha value is -2.15. The zero-order valence-electron chi connectivity index (χ0n) is 15.0. The van der Waals surface area contributed by atoms with E-state index in [-0.39, 0.29) is 11.8 Å². The molecule has 1 aliphatic carbocycles. The summed E-state index contributed by atoms with van der Waals surface area (Å²) >= 11 is 0. The van der Waals surface area contributed by atoms with Gasteiger partial charge in [0.25, 0.3) is 5.89 Å². The van der Waals surface area contributed by atoms with Crippen LogP contribution in [0.3, 0.4) is 0 Å². The first-order chi connectivity index (χ1) is 12.8. The van der Waals surface area contributed by atoms with Crippen molar-refractivity contribution in [1.82, 2.24) is 20.4 Å². The van der Waals surface area contributed by atoms with E-state index >= 15 is 0 Å². The molecule has 3 heterocycles. The molecule has 0 radical (unpaired) electrons. The first-order valence-corrected chi connectivity index (χ1v) is 9.65. The third-order valence-corrected chi connectivity index (χ3v) is 5.48. The van der Waals surface area contributed by atoms with Gasteiger partial charge in [0, 0.05) is 12.0 Å². The Morgan fingerprint density at radius 2 is 1.96 bits per heavy atom. The molecule has 7 nitrogen and oxygen atoms in total. The summed E-state index contributed by atoms with van der Waals surface area (Å²) in [6, 6.07) is 2.19. The van der Waals surface area contributed by atoms with Gasteiger partial charge in [0.1, 0.15) is 6.26 Å². The van der Waals surface area contributed by atoms with E-state index in [1.165, 1.54) is 19.3 Å². The first kappa shape index (κ1) is 17.3. The van der Waals surface area contributed by atoms with Crippen LogP contribution in [0.1, 0.15) is 56.8 Å². The van der Waals surface area contributed by atoms with Crippen molar-refractivity contribution in [3.05, 3.63) is 24.5 Å². The second-order valence-corrected chi connectivity index (χ2v) is 7.41. The number of nitrogens with zero attached hydrogens (tertiary/aromatic N) is 3. The lowest BCUT2D eigenvalue weighted by atomic mass is 9.95. The number of likely N-dealkylation sites (tertiary alicyclic amines) is 1. The van der Waals surface area contributed by atoms with Gasteiger partial charge in [-0.2, -0.15) is 0 Å². The maximum Gasteiger partial charge on any atom is 0.250 e. The van der Waals surface area contributed by atoms with Gasteiger partial charge in [-0.25, -0.2) is 0 Å². The lowest BCUT2D eigenvalue weighted by Crippen LogP contribution is -2.44. The summed E-state index contributed by atoms with van der Waals surface area (Å²) in [7, 11) is 0. The maximum absolute atomic E-state index is 12.3. The summed E-state index contributed by atoms with van der Waals surface area (Å²) in [4.78, 5) is 14.5. The molecule has 1 amide bonds. The van der Waals surface area contributed by atoms with Crippen LogP contribution in [0.5, 0.6) is 0 Å². The van der Waals surface area contributed by atoms with Gasteiger partial charge in [-0.1, -0.05) is 19.3 Å². The number of hydrogen-bond donors (Lipinski definition) is 1. The van der Waals surface area contributed by atoms with Crippen molar-refractivity contribution < 1.29 is 13.6 Å². The van der Waals surface area contributed by atoms with E-state index in [0.29, 0.717) is 24.4 Å². The number of aromatic nitrogens is 2. The number of hydrogen-bond acceptors (Lipinski definition) is 6. The quantitative estimate of drug-likeness (QED) is 0.884. The number of carbonyl (C=O) groups excluding carboxylic acids is 1. The number of furan rings is 1. The molecule has 2 fully saturated rings. The van der Waals surface area contributed by atoms with Crippen molar-refractivity contribution in [2.24, 2.45) is 0 Å². The van der Waals surface area contributed by atoms with Crippen LogP contribution >= 0.6 is 0 Å². The lowest BCUT2D eigenvalue weighted by Gasteiger charge is -2.30. The smallest absolute Gasteiger partial charge is 0.250 e. The van der Waals surface area contributed by atoms with Crippen LogP contribution < -0.4 is 5.32 Å². The van der Waals surface area contributed by atoms with E-state index in [9.17, 15) is 4.79 Å². The molecule has 2 aromatic rings. The fourth-order valence-corrected chi connectivity index (χ4v) is 3.96. The summed E-state index contributed by atoms with van der Waals surface area (Å²) in [6.07, 6.45) is 11.1. The summed E-state index contributed by atoms with van der Waals surface area (Å²) in [6.45, 7) is 2.26. The van der Waals surface area contributed by atoms with Gasteiger partial charge < -0.3 is 14.2 Å². The van der Waals surface area contributed by atoms with Gasteiger partial charge in [0.05, 0.1) is 18.4 Å². The number of rotatable bonds is 5. The van der Waals surface area contributed by atoms with Gasteiger partial charge in [-0.05, 0) is 44.8 Å². The zero-order valence-corrected chi connectivity index (χ0v) is 15.0. The summed E-state index contributed by atoms with van der Waals surface area (Å²) < 4.78 is 10.9. The Balaban J connectivity index is 1.24. The largest absolute Gasteiger partial charge is 0.472 e. The molecule has 0 aromatic carbocycles. The minimum absolute atomic E-state index is 0.162. The topological polar surface area (TPSA) is 84.4 Å². The van der Waals surface area contributed by atoms with Crippen LogP contribution in [0.15, 0.2) is 27.4 Å². The average Bonchev–Trinajstić information content (AvgIpc) is 3.35. The lowest BCUT2D eigenvalue weighted by molar-refractivity contribution is -0.123. The van der Waals surface area contributed by atoms with E-state index in [0.717, 1.165) is 44.3 Å². The molecule has 26 heavy (non-hydrogen) atoms. The molecular formula is C19H26N4O3. The first-order valence-electron chi connectivity index (χ1n) is 9.65. The fourth-order valence-electron chi connectivity index (χ4n) is 3.96. The Labute approximate surface area is 153 Å². The Bertz CT molecular complexity index is 698. The van der Waals surface area contributed by atoms with E-state index in [1.54, 1.807) is 12.5 Å². The maximum atomic E-state index is 12.3.